The third kappa shape index (κ3) is 3.10. The average molecular weight is 341 g/mol. The molecule has 0 fully saturated rings. The van der Waals surface area contributed by atoms with Crippen LogP contribution in [0.25, 0.3) is 10.9 Å². The number of nitrogens with two attached hydrogens (primary N) is 1. The van der Waals surface area contributed by atoms with Crippen LogP contribution in [-0.4, -0.2) is 15.4 Å². The molecule has 0 amide bonds. The van der Waals surface area contributed by atoms with E-state index in [2.05, 4.69) is 22.7 Å². The molecule has 0 atom stereocenters. The van der Waals surface area contributed by atoms with Crippen LogP contribution in [0.1, 0.15) is 19.4 Å². The number of rotatable bonds is 3. The van der Waals surface area contributed by atoms with Gasteiger partial charge in [0.25, 0.3) is 0 Å². The fourth-order valence-electron chi connectivity index (χ4n) is 2.10. The Morgan fingerprint density at radius 1 is 1.55 bits per heavy atom. The summed E-state index contributed by atoms with van der Waals surface area (Å²) in [4.78, 5) is 12.6. The van der Waals surface area contributed by atoms with Gasteiger partial charge in [-0.1, -0.05) is 11.6 Å². The molecule has 8 heteroatoms. The van der Waals surface area contributed by atoms with Gasteiger partial charge < -0.3 is 10.3 Å². The maximum absolute atomic E-state index is 13.7. The van der Waals surface area contributed by atoms with Gasteiger partial charge in [-0.25, -0.2) is 4.39 Å². The molecule has 1 aromatic heterocycles. The van der Waals surface area contributed by atoms with Gasteiger partial charge in [-0.3, -0.25) is 10.2 Å². The van der Waals surface area contributed by atoms with Gasteiger partial charge in [0.15, 0.2) is 10.5 Å². The van der Waals surface area contributed by atoms with E-state index >= 15 is 0 Å². The first-order valence-electron chi connectivity index (χ1n) is 6.47. The number of pyridine rings is 1. The van der Waals surface area contributed by atoms with E-state index < -0.39 is 5.82 Å². The van der Waals surface area contributed by atoms with Gasteiger partial charge in [-0.05, 0) is 38.2 Å². The zero-order valence-corrected chi connectivity index (χ0v) is 13.6. The molecule has 1 aromatic carbocycles. The van der Waals surface area contributed by atoms with Crippen molar-refractivity contribution in [2.45, 2.75) is 20.4 Å². The second kappa shape index (κ2) is 6.41. The van der Waals surface area contributed by atoms with E-state index in [9.17, 15) is 9.18 Å². The molecule has 0 aliphatic heterocycles. The van der Waals surface area contributed by atoms with Crippen LogP contribution in [0.15, 0.2) is 28.2 Å². The second-order valence-electron chi connectivity index (χ2n) is 4.61. The summed E-state index contributed by atoms with van der Waals surface area (Å²) in [6.07, 6.45) is 1.65. The zero-order valence-electron chi connectivity index (χ0n) is 12.0. The van der Waals surface area contributed by atoms with Gasteiger partial charge >= 0.3 is 0 Å². The lowest BCUT2D eigenvalue weighted by molar-refractivity contribution is 0.629. The Balaban J connectivity index is 2.75. The Labute approximate surface area is 136 Å². The van der Waals surface area contributed by atoms with Crippen LogP contribution in [0.4, 0.5) is 4.39 Å². The van der Waals surface area contributed by atoms with Gasteiger partial charge in [0.2, 0.25) is 0 Å². The molecule has 0 bridgehead atoms. The van der Waals surface area contributed by atoms with Crippen molar-refractivity contribution in [2.75, 3.05) is 0 Å². The summed E-state index contributed by atoms with van der Waals surface area (Å²) in [5.41, 5.74) is 8.71. The molecule has 2 rings (SSSR count). The number of nitrogens with one attached hydrogen (secondary N) is 1. The lowest BCUT2D eigenvalue weighted by Gasteiger charge is -2.12. The Morgan fingerprint density at radius 3 is 2.82 bits per heavy atom. The quantitative estimate of drug-likeness (QED) is 0.511. The molecule has 22 heavy (non-hydrogen) atoms. The number of halogens is 2. The van der Waals surface area contributed by atoms with Crippen molar-refractivity contribution in [2.24, 2.45) is 10.8 Å². The lowest BCUT2D eigenvalue weighted by Crippen LogP contribution is -2.26. The molecule has 116 valence electrons. The van der Waals surface area contributed by atoms with Crippen LogP contribution >= 0.6 is 23.8 Å². The molecule has 0 unspecified atom stereocenters. The molecule has 1 heterocycles. The minimum atomic E-state index is -0.637. The molecule has 5 nitrogen and oxygen atoms in total. The van der Waals surface area contributed by atoms with Crippen molar-refractivity contribution in [1.82, 2.24) is 9.99 Å². The molecule has 0 aliphatic rings. The van der Waals surface area contributed by atoms with Crippen LogP contribution in [-0.2, 0) is 6.54 Å². The summed E-state index contributed by atoms with van der Waals surface area (Å²) >= 11 is 10.5. The van der Waals surface area contributed by atoms with Gasteiger partial charge in [-0.15, -0.1) is 0 Å². The molecule has 0 aliphatic carbocycles. The molecule has 0 radical (unpaired) electrons. The average Bonchev–Trinajstić information content (AvgIpc) is 2.47. The van der Waals surface area contributed by atoms with Crippen molar-refractivity contribution >= 4 is 45.5 Å². The van der Waals surface area contributed by atoms with Crippen LogP contribution in [0.2, 0.25) is 5.02 Å². The van der Waals surface area contributed by atoms with Gasteiger partial charge in [0.1, 0.15) is 5.82 Å². The Morgan fingerprint density at radius 2 is 2.23 bits per heavy atom. The third-order valence-corrected chi connectivity index (χ3v) is 3.57. The first kappa shape index (κ1) is 16.4. The van der Waals surface area contributed by atoms with E-state index in [-0.39, 0.29) is 21.0 Å². The van der Waals surface area contributed by atoms with Crippen molar-refractivity contribution in [3.63, 3.8) is 0 Å². The first-order chi connectivity index (χ1) is 10.3. The highest BCUT2D eigenvalue weighted by Crippen LogP contribution is 2.21. The number of thiocarbonyl (C=S) groups is 1. The summed E-state index contributed by atoms with van der Waals surface area (Å²) < 4.78 is 15.5. The van der Waals surface area contributed by atoms with Crippen LogP contribution in [0.5, 0.6) is 0 Å². The van der Waals surface area contributed by atoms with Crippen molar-refractivity contribution < 1.29 is 4.39 Å². The standard InChI is InChI=1S/C14H14ClFN4OS/c1-3-20-6-9(7(2)18-19-14(17)22)13(21)8-4-11(16)10(15)5-12(8)20/h4-6H,3H2,1-2H3,(H3,17,19,22)/b18-7+. The molecule has 2 aromatic rings. The number of fused-ring (bicyclic) bond motifs is 1. The summed E-state index contributed by atoms with van der Waals surface area (Å²) in [7, 11) is 0. The second-order valence-corrected chi connectivity index (χ2v) is 5.46. The molecule has 3 N–H and O–H groups in total. The SMILES string of the molecule is CCn1cc(/C(C)=N/NC(N)=S)c(=O)c2cc(F)c(Cl)cc21. The Kier molecular flexibility index (Phi) is 4.77. The van der Waals surface area contributed by atoms with Gasteiger partial charge in [0, 0.05) is 18.1 Å². The van der Waals surface area contributed by atoms with Crippen molar-refractivity contribution in [3.05, 3.63) is 45.0 Å². The third-order valence-electron chi connectivity index (χ3n) is 3.19. The van der Waals surface area contributed by atoms with Gasteiger partial charge in [0.05, 0.1) is 21.8 Å². The molecule has 0 spiro atoms. The number of hydrogen-bond donors (Lipinski definition) is 2. The Hall–Kier alpha value is -1.99. The summed E-state index contributed by atoms with van der Waals surface area (Å²) in [6, 6.07) is 2.59. The highest BCUT2D eigenvalue weighted by atomic mass is 35.5. The Bertz CT molecular complexity index is 847. The predicted molar refractivity (Wildman–Crippen MR) is 91.0 cm³/mol. The number of hydrogen-bond acceptors (Lipinski definition) is 3. The summed E-state index contributed by atoms with van der Waals surface area (Å²) in [5.74, 6) is -0.637. The smallest absolute Gasteiger partial charge is 0.198 e. The van der Waals surface area contributed by atoms with Crippen molar-refractivity contribution in [1.29, 1.82) is 0 Å². The van der Waals surface area contributed by atoms with E-state index in [0.717, 1.165) is 6.07 Å². The minimum Gasteiger partial charge on any atom is -0.375 e. The fraction of sp³-hybridized carbons (Fsp3) is 0.214. The maximum atomic E-state index is 13.7. The topological polar surface area (TPSA) is 72.4 Å². The van der Waals surface area contributed by atoms with E-state index in [1.54, 1.807) is 17.7 Å². The van der Waals surface area contributed by atoms with E-state index in [1.165, 1.54) is 6.07 Å². The van der Waals surface area contributed by atoms with E-state index in [1.807, 2.05) is 6.92 Å². The number of nitrogens with zero attached hydrogens (tertiary/aromatic N) is 2. The fourth-order valence-corrected chi connectivity index (χ4v) is 2.31. The van der Waals surface area contributed by atoms with E-state index in [4.69, 9.17) is 17.3 Å². The molecule has 0 saturated carbocycles. The molecule has 0 saturated heterocycles. The molecular weight excluding hydrogens is 327 g/mol. The number of aromatic nitrogens is 1. The van der Waals surface area contributed by atoms with Crippen molar-refractivity contribution in [3.8, 4) is 0 Å². The minimum absolute atomic E-state index is 0.00576. The van der Waals surface area contributed by atoms with Crippen LogP contribution in [0, 0.1) is 5.82 Å². The summed E-state index contributed by atoms with van der Waals surface area (Å²) in [5, 5.41) is 4.15. The predicted octanol–water partition coefficient (Wildman–Crippen LogP) is 2.37. The summed E-state index contributed by atoms with van der Waals surface area (Å²) in [6.45, 7) is 4.13. The first-order valence-corrected chi connectivity index (χ1v) is 7.26. The highest BCUT2D eigenvalue weighted by molar-refractivity contribution is 7.80. The van der Waals surface area contributed by atoms with Gasteiger partial charge in [-0.2, -0.15) is 5.10 Å². The van der Waals surface area contributed by atoms with Crippen LogP contribution in [0.3, 0.4) is 0 Å². The molecular formula is C14H14ClFN4OS. The zero-order chi connectivity index (χ0) is 16.4. The highest BCUT2D eigenvalue weighted by Gasteiger charge is 2.13. The lowest BCUT2D eigenvalue weighted by atomic mass is 10.1. The monoisotopic (exact) mass is 340 g/mol. The number of aryl methyl sites for hydroxylation is 1. The maximum Gasteiger partial charge on any atom is 0.198 e. The number of benzene rings is 1. The normalized spacial score (nSPS) is 11.7. The largest absolute Gasteiger partial charge is 0.375 e. The van der Waals surface area contributed by atoms with Crippen LogP contribution < -0.4 is 16.6 Å². The number of hydrazone groups is 1. The van der Waals surface area contributed by atoms with E-state index in [0.29, 0.717) is 23.3 Å².